The predicted octanol–water partition coefficient (Wildman–Crippen LogP) is 5.38. The molecule has 0 saturated heterocycles. The van der Waals surface area contributed by atoms with E-state index in [1.807, 2.05) is 6.07 Å². The van der Waals surface area contributed by atoms with Crippen LogP contribution >= 0.6 is 0 Å². The fraction of sp³-hybridized carbons (Fsp3) is 0.0435. The molecule has 3 aromatic rings. The van der Waals surface area contributed by atoms with Crippen LogP contribution in [-0.2, 0) is 0 Å². The highest BCUT2D eigenvalue weighted by molar-refractivity contribution is 6.06. The Kier molecular flexibility index (Phi) is 3.33. The van der Waals surface area contributed by atoms with Gasteiger partial charge in [0.15, 0.2) is 0 Å². The molecule has 4 rings (SSSR count). The predicted molar refractivity (Wildman–Crippen MR) is 96.8 cm³/mol. The van der Waals surface area contributed by atoms with Gasteiger partial charge in [-0.05, 0) is 27.8 Å². The van der Waals surface area contributed by atoms with Crippen molar-refractivity contribution in [3.63, 3.8) is 0 Å². The molecular weight excluding hydrogens is 276 g/mol. The zero-order valence-electron chi connectivity index (χ0n) is 12.7. The molecule has 0 bridgehead atoms. The summed E-state index contributed by atoms with van der Waals surface area (Å²) in [7, 11) is 0. The van der Waals surface area contributed by atoms with Gasteiger partial charge in [0, 0.05) is 11.5 Å². The number of rotatable bonds is 2. The molecule has 0 aliphatic heterocycles. The van der Waals surface area contributed by atoms with Crippen LogP contribution in [0, 0.1) is 12.3 Å². The van der Waals surface area contributed by atoms with Crippen LogP contribution in [0.5, 0.6) is 0 Å². The van der Waals surface area contributed by atoms with Crippen molar-refractivity contribution in [2.24, 2.45) is 0 Å². The average molecular weight is 292 g/mol. The van der Waals surface area contributed by atoms with Crippen LogP contribution in [-0.4, -0.2) is 0 Å². The van der Waals surface area contributed by atoms with Crippen molar-refractivity contribution in [2.75, 3.05) is 0 Å². The Morgan fingerprint density at radius 1 is 0.696 bits per heavy atom. The van der Waals surface area contributed by atoms with Crippen molar-refractivity contribution in [3.05, 3.63) is 107 Å². The van der Waals surface area contributed by atoms with Crippen molar-refractivity contribution in [2.45, 2.75) is 5.92 Å². The molecule has 0 spiro atoms. The van der Waals surface area contributed by atoms with E-state index >= 15 is 0 Å². The number of hydrogen-bond donors (Lipinski definition) is 0. The molecule has 0 radical (unpaired) electrons. The minimum atomic E-state index is 0.195. The fourth-order valence-electron chi connectivity index (χ4n) is 3.50. The summed E-state index contributed by atoms with van der Waals surface area (Å²) in [6.45, 7) is 0. The van der Waals surface area contributed by atoms with Gasteiger partial charge in [-0.25, -0.2) is 0 Å². The molecule has 1 aliphatic rings. The van der Waals surface area contributed by atoms with Crippen LogP contribution < -0.4 is 0 Å². The Morgan fingerprint density at radius 2 is 1.30 bits per heavy atom. The summed E-state index contributed by atoms with van der Waals surface area (Å²) in [6.07, 6.45) is 5.91. The zero-order valence-corrected chi connectivity index (χ0v) is 12.7. The highest BCUT2D eigenvalue weighted by Gasteiger charge is 2.32. The van der Waals surface area contributed by atoms with Crippen molar-refractivity contribution in [1.29, 1.82) is 0 Å². The number of hydrogen-bond acceptors (Lipinski definition) is 0. The summed E-state index contributed by atoms with van der Waals surface area (Å²) in [6, 6.07) is 29.6. The zero-order chi connectivity index (χ0) is 15.6. The van der Waals surface area contributed by atoms with Crippen molar-refractivity contribution >= 4 is 11.1 Å². The lowest BCUT2D eigenvalue weighted by molar-refractivity contribution is 1.07. The van der Waals surface area contributed by atoms with Crippen molar-refractivity contribution in [1.82, 2.24) is 0 Å². The molecule has 0 heterocycles. The second kappa shape index (κ2) is 5.63. The lowest BCUT2D eigenvalue weighted by Crippen LogP contribution is -2.00. The molecule has 0 nitrogen and oxygen atoms in total. The molecule has 0 fully saturated rings. The van der Waals surface area contributed by atoms with Crippen LogP contribution in [0.4, 0.5) is 0 Å². The number of fused-ring (bicyclic) bond motifs is 1. The number of allylic oxidation sites excluding steroid dienone is 2. The normalized spacial score (nSPS) is 16.0. The molecule has 0 N–H and O–H groups in total. The first kappa shape index (κ1) is 13.6. The van der Waals surface area contributed by atoms with Crippen LogP contribution in [0.3, 0.4) is 0 Å². The number of benzene rings is 3. The van der Waals surface area contributed by atoms with Gasteiger partial charge in [-0.2, -0.15) is 0 Å². The highest BCUT2D eigenvalue weighted by Crippen LogP contribution is 2.49. The Balaban J connectivity index is 2.02. The van der Waals surface area contributed by atoms with E-state index in [9.17, 15) is 0 Å². The summed E-state index contributed by atoms with van der Waals surface area (Å²) in [4.78, 5) is 0. The second-order valence-corrected chi connectivity index (χ2v) is 5.73. The Morgan fingerprint density at radius 3 is 2.00 bits per heavy atom. The molecule has 1 aliphatic carbocycles. The fourth-order valence-corrected chi connectivity index (χ4v) is 3.50. The standard InChI is InChI=1S/C23H16/c1-2-19-20-15-9-10-16-21(20)23(18-13-7-4-8-14-18)22(19)17-11-5-3-6-12-17/h1,3-16,23H. The third-order valence-electron chi connectivity index (χ3n) is 4.46. The molecule has 0 aromatic heterocycles. The van der Waals surface area contributed by atoms with Crippen molar-refractivity contribution in [3.8, 4) is 12.3 Å². The first-order valence-corrected chi connectivity index (χ1v) is 7.80. The van der Waals surface area contributed by atoms with E-state index in [1.165, 1.54) is 27.8 Å². The van der Waals surface area contributed by atoms with Crippen LogP contribution in [0.15, 0.2) is 84.9 Å². The molecule has 108 valence electrons. The molecule has 23 heavy (non-hydrogen) atoms. The summed E-state index contributed by atoms with van der Waals surface area (Å²) in [5.41, 5.74) is 7.21. The number of terminal acetylenes is 1. The lowest BCUT2D eigenvalue weighted by atomic mass is 9.85. The highest BCUT2D eigenvalue weighted by atomic mass is 14.3. The first-order chi connectivity index (χ1) is 11.4. The van der Waals surface area contributed by atoms with E-state index in [2.05, 4.69) is 84.8 Å². The third-order valence-corrected chi connectivity index (χ3v) is 4.46. The molecule has 3 aromatic carbocycles. The summed E-state index contributed by atoms with van der Waals surface area (Å²) in [5, 5.41) is 0. The quantitative estimate of drug-likeness (QED) is 0.557. The molecular formula is C23H16. The average Bonchev–Trinajstić information content (AvgIpc) is 2.97. The van der Waals surface area contributed by atoms with Gasteiger partial charge in [-0.3, -0.25) is 0 Å². The van der Waals surface area contributed by atoms with Gasteiger partial charge in [-0.15, -0.1) is 6.42 Å². The largest absolute Gasteiger partial charge is 0.115 e. The SMILES string of the molecule is C#CC1=C(c2ccccc2)C(c2ccccc2)c2ccccc21. The maximum Gasteiger partial charge on any atom is 0.0365 e. The van der Waals surface area contributed by atoms with E-state index in [4.69, 9.17) is 6.42 Å². The van der Waals surface area contributed by atoms with E-state index in [0.29, 0.717) is 0 Å². The molecule has 0 saturated carbocycles. The van der Waals surface area contributed by atoms with E-state index < -0.39 is 0 Å². The van der Waals surface area contributed by atoms with E-state index in [-0.39, 0.29) is 5.92 Å². The lowest BCUT2D eigenvalue weighted by Gasteiger charge is -2.18. The topological polar surface area (TPSA) is 0 Å². The third kappa shape index (κ3) is 2.18. The molecule has 1 atom stereocenters. The van der Waals surface area contributed by atoms with Crippen LogP contribution in [0.25, 0.3) is 11.1 Å². The monoisotopic (exact) mass is 292 g/mol. The Bertz CT molecular complexity index is 909. The van der Waals surface area contributed by atoms with Crippen LogP contribution in [0.1, 0.15) is 28.2 Å². The van der Waals surface area contributed by atoms with Gasteiger partial charge < -0.3 is 0 Å². The van der Waals surface area contributed by atoms with E-state index in [1.54, 1.807) is 0 Å². The second-order valence-electron chi connectivity index (χ2n) is 5.73. The van der Waals surface area contributed by atoms with Gasteiger partial charge in [0.1, 0.15) is 0 Å². The molecule has 1 unspecified atom stereocenters. The summed E-state index contributed by atoms with van der Waals surface area (Å²) in [5.74, 6) is 3.14. The Labute approximate surface area is 137 Å². The minimum Gasteiger partial charge on any atom is -0.115 e. The van der Waals surface area contributed by atoms with Gasteiger partial charge >= 0.3 is 0 Å². The van der Waals surface area contributed by atoms with Crippen LogP contribution in [0.2, 0.25) is 0 Å². The van der Waals surface area contributed by atoms with Gasteiger partial charge in [0.2, 0.25) is 0 Å². The molecule has 0 amide bonds. The molecule has 0 heteroatoms. The maximum atomic E-state index is 5.91. The van der Waals surface area contributed by atoms with Crippen molar-refractivity contribution < 1.29 is 0 Å². The van der Waals surface area contributed by atoms with Gasteiger partial charge in [0.05, 0.1) is 0 Å². The summed E-state index contributed by atoms with van der Waals surface area (Å²) < 4.78 is 0. The van der Waals surface area contributed by atoms with Gasteiger partial charge in [-0.1, -0.05) is 90.8 Å². The van der Waals surface area contributed by atoms with Gasteiger partial charge in [0.25, 0.3) is 0 Å². The Hall–Kier alpha value is -3.04. The smallest absolute Gasteiger partial charge is 0.0365 e. The minimum absolute atomic E-state index is 0.195. The van der Waals surface area contributed by atoms with E-state index in [0.717, 1.165) is 5.57 Å². The summed E-state index contributed by atoms with van der Waals surface area (Å²) >= 11 is 0. The maximum absolute atomic E-state index is 5.91. The first-order valence-electron chi connectivity index (χ1n) is 7.80.